The van der Waals surface area contributed by atoms with Crippen molar-refractivity contribution in [1.82, 2.24) is 10.6 Å². The van der Waals surface area contributed by atoms with E-state index < -0.39 is 73.4 Å². The highest BCUT2D eigenvalue weighted by atomic mass is 16.7. The molecule has 2 heterocycles. The Balaban J connectivity index is 1.71. The molecule has 2 amide bonds. The van der Waals surface area contributed by atoms with Gasteiger partial charge in [0.05, 0.1) is 18.8 Å². The van der Waals surface area contributed by atoms with E-state index in [1.165, 1.54) is 13.8 Å². The molecule has 0 bridgehead atoms. The number of benzene rings is 1. The molecule has 0 aliphatic carbocycles. The Morgan fingerprint density at radius 3 is 2.20 bits per heavy atom. The van der Waals surface area contributed by atoms with Gasteiger partial charge in [-0.1, -0.05) is 32.9 Å². The van der Waals surface area contributed by atoms with Crippen molar-refractivity contribution >= 4 is 17.8 Å². The van der Waals surface area contributed by atoms with Crippen LogP contribution < -0.4 is 21.1 Å². The number of esters is 1. The molecular formula is C27H41N3O10. The number of carbonyl (C=O) groups is 3. The highest BCUT2D eigenvalue weighted by Gasteiger charge is 2.47. The first-order valence-electron chi connectivity index (χ1n) is 13.4. The second kappa shape index (κ2) is 13.7. The number of aliphatic hydroxyl groups excluding tert-OH is 3. The number of nitrogens with two attached hydrogens (primary N) is 1. The summed E-state index contributed by atoms with van der Waals surface area (Å²) in [5, 5.41) is 35.2. The molecule has 0 radical (unpaired) electrons. The lowest BCUT2D eigenvalue weighted by Crippen LogP contribution is -2.66. The molecule has 3 rings (SSSR count). The molecule has 2 aliphatic rings. The summed E-state index contributed by atoms with van der Waals surface area (Å²) >= 11 is 0. The molecule has 0 aromatic heterocycles. The van der Waals surface area contributed by atoms with Crippen LogP contribution in [0.5, 0.6) is 5.75 Å². The number of nitrogens with one attached hydrogen (secondary N) is 2. The van der Waals surface area contributed by atoms with E-state index in [9.17, 15) is 29.7 Å². The summed E-state index contributed by atoms with van der Waals surface area (Å²) in [7, 11) is 0. The van der Waals surface area contributed by atoms with Gasteiger partial charge >= 0.3 is 5.97 Å². The first-order chi connectivity index (χ1) is 18.9. The van der Waals surface area contributed by atoms with Gasteiger partial charge in [-0.15, -0.1) is 0 Å². The molecule has 11 atom stereocenters. The van der Waals surface area contributed by atoms with Crippen LogP contribution in [0.25, 0.3) is 0 Å². The molecule has 13 nitrogen and oxygen atoms in total. The first kappa shape index (κ1) is 31.7. The van der Waals surface area contributed by atoms with Crippen LogP contribution in [0, 0.1) is 11.8 Å². The normalized spacial score (nSPS) is 34.8. The van der Waals surface area contributed by atoms with Crippen molar-refractivity contribution in [3.8, 4) is 5.75 Å². The van der Waals surface area contributed by atoms with E-state index >= 15 is 0 Å². The number of hydrogen-bond acceptors (Lipinski definition) is 11. The minimum atomic E-state index is -1.24. The predicted octanol–water partition coefficient (Wildman–Crippen LogP) is -0.536. The second-order valence-corrected chi connectivity index (χ2v) is 10.4. The average molecular weight is 568 g/mol. The van der Waals surface area contributed by atoms with Crippen molar-refractivity contribution in [2.75, 3.05) is 6.61 Å². The van der Waals surface area contributed by atoms with E-state index in [4.69, 9.17) is 24.7 Å². The molecule has 2 saturated heterocycles. The fourth-order valence-corrected chi connectivity index (χ4v) is 5.09. The molecule has 2 fully saturated rings. The van der Waals surface area contributed by atoms with E-state index in [1.807, 2.05) is 13.8 Å². The van der Waals surface area contributed by atoms with Gasteiger partial charge in [0.2, 0.25) is 18.1 Å². The third kappa shape index (κ3) is 7.28. The number of rotatable bonds is 9. The van der Waals surface area contributed by atoms with Gasteiger partial charge < -0.3 is 50.6 Å². The molecule has 13 heteroatoms. The van der Waals surface area contributed by atoms with Gasteiger partial charge in [-0.25, -0.2) is 0 Å². The standard InChI is InChI=1S/C27H41N3O10/c1-6-18-12(2)24(37-15(5)33)21(29-14(4)32)26(39-18)30-25(36)20(28)16-7-9-17(10-8-16)38-27-13(3)22(34)23(35)19(11-31)40-27/h7-10,12-13,18-24,26-27,31,34-35H,6,11,28H2,1-5H3,(H,29,32)(H,30,36)/t12-,13-,18-,19-,20?,21-,22-,23-,24+,26-,27?/m1/s1. The second-order valence-electron chi connectivity index (χ2n) is 10.4. The summed E-state index contributed by atoms with van der Waals surface area (Å²) in [6.45, 7) is 7.53. The fourth-order valence-electron chi connectivity index (χ4n) is 5.09. The van der Waals surface area contributed by atoms with Gasteiger partial charge in [0.15, 0.2) is 6.23 Å². The zero-order valence-corrected chi connectivity index (χ0v) is 23.4. The molecule has 40 heavy (non-hydrogen) atoms. The molecular weight excluding hydrogens is 526 g/mol. The highest BCUT2D eigenvalue weighted by Crippen LogP contribution is 2.31. The van der Waals surface area contributed by atoms with E-state index in [2.05, 4.69) is 10.6 Å². The van der Waals surface area contributed by atoms with Crippen molar-refractivity contribution in [2.45, 2.75) is 96.2 Å². The third-order valence-electron chi connectivity index (χ3n) is 7.43. The summed E-state index contributed by atoms with van der Waals surface area (Å²) in [6, 6.07) is 4.39. The van der Waals surface area contributed by atoms with Crippen molar-refractivity contribution in [2.24, 2.45) is 17.6 Å². The van der Waals surface area contributed by atoms with Crippen molar-refractivity contribution in [3.05, 3.63) is 29.8 Å². The summed E-state index contributed by atoms with van der Waals surface area (Å²) in [5.41, 5.74) is 6.70. The molecule has 2 aliphatic heterocycles. The molecule has 224 valence electrons. The van der Waals surface area contributed by atoms with Gasteiger partial charge in [0, 0.05) is 25.7 Å². The molecule has 1 aromatic rings. The Bertz CT molecular complexity index is 1020. The number of amides is 2. The first-order valence-corrected chi connectivity index (χ1v) is 13.4. The van der Waals surface area contributed by atoms with Gasteiger partial charge in [-0.2, -0.15) is 0 Å². The van der Waals surface area contributed by atoms with Gasteiger partial charge in [0.25, 0.3) is 0 Å². The minimum Gasteiger partial charge on any atom is -0.465 e. The molecule has 1 aromatic carbocycles. The smallest absolute Gasteiger partial charge is 0.302 e. The summed E-state index contributed by atoms with van der Waals surface area (Å²) < 4.78 is 23.0. The maximum atomic E-state index is 13.2. The van der Waals surface area contributed by atoms with Crippen LogP contribution in [0.3, 0.4) is 0 Å². The maximum Gasteiger partial charge on any atom is 0.302 e. The summed E-state index contributed by atoms with van der Waals surface area (Å²) in [6.07, 6.45) is -5.79. The topological polar surface area (TPSA) is 199 Å². The van der Waals surface area contributed by atoms with Crippen molar-refractivity contribution in [3.63, 3.8) is 0 Å². The summed E-state index contributed by atoms with van der Waals surface area (Å²) in [5.74, 6) is -1.93. The molecule has 0 saturated carbocycles. The number of hydrogen-bond donors (Lipinski definition) is 6. The largest absolute Gasteiger partial charge is 0.465 e. The van der Waals surface area contributed by atoms with Crippen LogP contribution in [0.4, 0.5) is 0 Å². The van der Waals surface area contributed by atoms with E-state index in [0.29, 0.717) is 17.7 Å². The van der Waals surface area contributed by atoms with E-state index in [1.54, 1.807) is 31.2 Å². The van der Waals surface area contributed by atoms with Gasteiger partial charge in [-0.3, -0.25) is 14.4 Å². The van der Waals surface area contributed by atoms with Crippen LogP contribution in [-0.2, 0) is 28.6 Å². The van der Waals surface area contributed by atoms with E-state index in [0.717, 1.165) is 0 Å². The zero-order valence-electron chi connectivity index (χ0n) is 23.4. The number of ether oxygens (including phenoxy) is 4. The van der Waals surface area contributed by atoms with Crippen LogP contribution >= 0.6 is 0 Å². The maximum absolute atomic E-state index is 13.2. The number of aliphatic hydroxyl groups is 3. The quantitative estimate of drug-likeness (QED) is 0.210. The van der Waals surface area contributed by atoms with Gasteiger partial charge in [0.1, 0.15) is 36.1 Å². The number of carbonyl (C=O) groups excluding carboxylic acids is 3. The van der Waals surface area contributed by atoms with Crippen molar-refractivity contribution < 1.29 is 48.7 Å². The molecule has 7 N–H and O–H groups in total. The van der Waals surface area contributed by atoms with E-state index in [-0.39, 0.29) is 17.9 Å². The highest BCUT2D eigenvalue weighted by molar-refractivity contribution is 5.83. The lowest BCUT2D eigenvalue weighted by molar-refractivity contribution is -0.256. The van der Waals surface area contributed by atoms with Crippen LogP contribution in [0.2, 0.25) is 0 Å². The van der Waals surface area contributed by atoms with Crippen LogP contribution in [-0.4, -0.2) is 88.8 Å². The average Bonchev–Trinajstić information content (AvgIpc) is 2.91. The van der Waals surface area contributed by atoms with Gasteiger partial charge in [-0.05, 0) is 24.1 Å². The predicted molar refractivity (Wildman–Crippen MR) is 140 cm³/mol. The lowest BCUT2D eigenvalue weighted by atomic mass is 9.86. The summed E-state index contributed by atoms with van der Waals surface area (Å²) in [4.78, 5) is 36.9. The zero-order chi connectivity index (χ0) is 29.7. The minimum absolute atomic E-state index is 0.243. The van der Waals surface area contributed by atoms with Crippen LogP contribution in [0.1, 0.15) is 52.6 Å². The monoisotopic (exact) mass is 567 g/mol. The van der Waals surface area contributed by atoms with Crippen LogP contribution in [0.15, 0.2) is 24.3 Å². The Labute approximate surface area is 233 Å². The van der Waals surface area contributed by atoms with Crippen molar-refractivity contribution in [1.29, 1.82) is 0 Å². The Morgan fingerprint density at radius 1 is 1.00 bits per heavy atom. The molecule has 0 spiro atoms. The lowest BCUT2D eigenvalue weighted by Gasteiger charge is -2.45. The Hall–Kier alpha value is -2.81. The SMILES string of the molecule is CC[C@H]1O[C@@H](NC(=O)C(N)c2ccc(OC3O[C@H](CO)[C@@H](O)[C@H](O)[C@H]3C)cc2)[C@H](NC(C)=O)[C@@H](OC(C)=O)[C@@H]1C. The third-order valence-corrected chi connectivity index (χ3v) is 7.43. The molecule has 2 unspecified atom stereocenters. The Kier molecular flexibility index (Phi) is 10.9. The Morgan fingerprint density at radius 2 is 1.65 bits per heavy atom. The fraction of sp³-hybridized carbons (Fsp3) is 0.667.